The number of carbonyl (C=O) groups is 2. The molecular formula is C18H13ClF3N3O5. The summed E-state index contributed by atoms with van der Waals surface area (Å²) in [5.41, 5.74) is -2.29. The van der Waals surface area contributed by atoms with Crippen molar-refractivity contribution in [1.82, 2.24) is 14.5 Å². The Balaban J connectivity index is 2.10. The van der Waals surface area contributed by atoms with Gasteiger partial charge in [-0.05, 0) is 23.8 Å². The first kappa shape index (κ1) is 21.2. The predicted molar refractivity (Wildman–Crippen MR) is 98.8 cm³/mol. The number of fused-ring (bicyclic) bond motifs is 1. The Hall–Kier alpha value is -3.47. The van der Waals surface area contributed by atoms with Gasteiger partial charge >= 0.3 is 12.1 Å². The molecule has 0 radical (unpaired) electrons. The number of aromatic nitrogens is 2. The Kier molecular flexibility index (Phi) is 5.49. The van der Waals surface area contributed by atoms with Crippen LogP contribution in [0, 0.1) is 0 Å². The third-order valence-corrected chi connectivity index (χ3v) is 4.40. The lowest BCUT2D eigenvalue weighted by Gasteiger charge is -2.15. The van der Waals surface area contributed by atoms with Gasteiger partial charge < -0.3 is 15.5 Å². The topological polar surface area (TPSA) is 113 Å². The van der Waals surface area contributed by atoms with Gasteiger partial charge in [0.25, 0.3) is 11.5 Å². The third kappa shape index (κ3) is 4.10. The zero-order chi connectivity index (χ0) is 22.2. The van der Waals surface area contributed by atoms with Gasteiger partial charge in [0.2, 0.25) is 0 Å². The van der Waals surface area contributed by atoms with Crippen LogP contribution < -0.4 is 10.9 Å². The number of rotatable bonds is 5. The van der Waals surface area contributed by atoms with E-state index in [4.69, 9.17) is 16.7 Å². The van der Waals surface area contributed by atoms with Crippen LogP contribution in [0.4, 0.5) is 13.2 Å². The first-order valence-electron chi connectivity index (χ1n) is 8.29. The summed E-state index contributed by atoms with van der Waals surface area (Å²) in [6.07, 6.45) is -3.24. The number of carboxylic acid groups (broad SMARTS) is 1. The molecule has 30 heavy (non-hydrogen) atoms. The fraction of sp³-hybridized carbons (Fsp3) is 0.167. The van der Waals surface area contributed by atoms with Crippen LogP contribution in [0.3, 0.4) is 0 Å². The van der Waals surface area contributed by atoms with Crippen molar-refractivity contribution in [1.29, 1.82) is 0 Å². The van der Waals surface area contributed by atoms with E-state index in [9.17, 15) is 32.7 Å². The van der Waals surface area contributed by atoms with Crippen LogP contribution >= 0.6 is 11.6 Å². The van der Waals surface area contributed by atoms with E-state index in [-0.39, 0.29) is 17.1 Å². The fourth-order valence-electron chi connectivity index (χ4n) is 2.82. The number of carbonyl (C=O) groups excluding carboxylic acids is 1. The Labute approximate surface area is 170 Å². The summed E-state index contributed by atoms with van der Waals surface area (Å²) in [7, 11) is 0. The Morgan fingerprint density at radius 1 is 1.17 bits per heavy atom. The van der Waals surface area contributed by atoms with Gasteiger partial charge in [0.05, 0.1) is 17.1 Å². The van der Waals surface area contributed by atoms with Crippen molar-refractivity contribution < 1.29 is 33.0 Å². The Morgan fingerprint density at radius 3 is 2.37 bits per heavy atom. The van der Waals surface area contributed by atoms with Crippen LogP contribution in [0.1, 0.15) is 21.5 Å². The SMILES string of the molecule is O=C(O)CNC(=O)c1c(O)c2cc(Cl)cn2n(Cc2ccc(C(F)(F)F)cc2)c1=O. The molecule has 0 spiro atoms. The average molecular weight is 444 g/mol. The van der Waals surface area contributed by atoms with Crippen molar-refractivity contribution in [3.63, 3.8) is 0 Å². The molecule has 0 aliphatic carbocycles. The molecule has 1 aromatic carbocycles. The molecule has 3 N–H and O–H groups in total. The lowest BCUT2D eigenvalue weighted by Crippen LogP contribution is -2.37. The number of benzene rings is 1. The summed E-state index contributed by atoms with van der Waals surface area (Å²) in [5.74, 6) is -3.20. The molecule has 8 nitrogen and oxygen atoms in total. The summed E-state index contributed by atoms with van der Waals surface area (Å²) in [6.45, 7) is -1.04. The first-order valence-corrected chi connectivity index (χ1v) is 8.66. The number of halogens is 4. The molecule has 0 aliphatic heterocycles. The number of alkyl halides is 3. The molecule has 0 saturated heterocycles. The molecule has 0 bridgehead atoms. The molecule has 1 amide bonds. The van der Waals surface area contributed by atoms with Gasteiger partial charge in [0.1, 0.15) is 17.6 Å². The van der Waals surface area contributed by atoms with Gasteiger partial charge in [-0.2, -0.15) is 13.2 Å². The molecule has 12 heteroatoms. The van der Waals surface area contributed by atoms with Crippen LogP contribution in [0.2, 0.25) is 5.02 Å². The lowest BCUT2D eigenvalue weighted by molar-refractivity contribution is -0.138. The summed E-state index contributed by atoms with van der Waals surface area (Å²) >= 11 is 5.94. The van der Waals surface area contributed by atoms with Crippen molar-refractivity contribution >= 4 is 29.0 Å². The molecule has 2 heterocycles. The molecule has 3 rings (SSSR count). The maximum Gasteiger partial charge on any atom is 0.416 e. The second-order valence-electron chi connectivity index (χ2n) is 6.25. The standard InChI is InChI=1S/C18H13ClF3N3O5/c19-11-5-12-15(28)14(16(29)23-6-13(26)27)17(30)25(24(12)8-11)7-9-1-3-10(4-2-9)18(20,21)22/h1-5,8,28H,6-7H2,(H,23,29)(H,26,27). The van der Waals surface area contributed by atoms with E-state index in [0.29, 0.717) is 5.56 Å². The van der Waals surface area contributed by atoms with Gasteiger partial charge in [-0.3, -0.25) is 18.9 Å². The molecule has 3 aromatic rings. The molecule has 0 aliphatic rings. The number of aliphatic carboxylic acids is 1. The van der Waals surface area contributed by atoms with Crippen molar-refractivity contribution in [3.8, 4) is 5.75 Å². The highest BCUT2D eigenvalue weighted by Gasteiger charge is 2.30. The highest BCUT2D eigenvalue weighted by molar-refractivity contribution is 6.31. The fourth-order valence-corrected chi connectivity index (χ4v) is 3.02. The van der Waals surface area contributed by atoms with Crippen molar-refractivity contribution in [2.24, 2.45) is 0 Å². The van der Waals surface area contributed by atoms with E-state index in [0.717, 1.165) is 21.3 Å². The van der Waals surface area contributed by atoms with E-state index >= 15 is 0 Å². The summed E-state index contributed by atoms with van der Waals surface area (Å²) in [5, 5.41) is 21.2. The molecule has 2 aromatic heterocycles. The smallest absolute Gasteiger partial charge is 0.416 e. The maximum absolute atomic E-state index is 12.9. The van der Waals surface area contributed by atoms with Gasteiger partial charge in [-0.1, -0.05) is 23.7 Å². The van der Waals surface area contributed by atoms with Crippen molar-refractivity contribution in [3.05, 3.63) is 68.6 Å². The largest absolute Gasteiger partial charge is 0.505 e. The van der Waals surface area contributed by atoms with Crippen LogP contribution in [-0.2, 0) is 17.5 Å². The lowest BCUT2D eigenvalue weighted by atomic mass is 10.1. The molecule has 158 valence electrons. The number of aromatic hydroxyl groups is 1. The molecular weight excluding hydrogens is 431 g/mol. The van der Waals surface area contributed by atoms with Gasteiger partial charge in [-0.25, -0.2) is 4.68 Å². The van der Waals surface area contributed by atoms with E-state index in [1.54, 1.807) is 0 Å². The van der Waals surface area contributed by atoms with Crippen LogP contribution in [0.15, 0.2) is 41.3 Å². The number of amides is 1. The monoisotopic (exact) mass is 443 g/mol. The third-order valence-electron chi connectivity index (χ3n) is 4.20. The number of hydrogen-bond acceptors (Lipinski definition) is 4. The number of nitrogens with zero attached hydrogens (tertiary/aromatic N) is 2. The maximum atomic E-state index is 12.9. The van der Waals surface area contributed by atoms with Gasteiger partial charge in [0.15, 0.2) is 5.75 Å². The van der Waals surface area contributed by atoms with E-state index in [2.05, 4.69) is 0 Å². The average Bonchev–Trinajstić information content (AvgIpc) is 3.05. The molecule has 0 saturated carbocycles. The summed E-state index contributed by atoms with van der Waals surface area (Å²) in [4.78, 5) is 35.8. The highest BCUT2D eigenvalue weighted by atomic mass is 35.5. The molecule has 0 unspecified atom stereocenters. The Bertz CT molecular complexity index is 1200. The summed E-state index contributed by atoms with van der Waals surface area (Å²) in [6, 6.07) is 5.31. The van der Waals surface area contributed by atoms with E-state index in [1.807, 2.05) is 5.32 Å². The highest BCUT2D eigenvalue weighted by Crippen LogP contribution is 2.29. The van der Waals surface area contributed by atoms with Crippen molar-refractivity contribution in [2.75, 3.05) is 6.54 Å². The minimum absolute atomic E-state index is 0.0213. The quantitative estimate of drug-likeness (QED) is 0.560. The van der Waals surface area contributed by atoms with Crippen molar-refractivity contribution in [2.45, 2.75) is 12.7 Å². The number of hydrogen-bond donors (Lipinski definition) is 3. The molecule has 0 atom stereocenters. The van der Waals surface area contributed by atoms with E-state index in [1.165, 1.54) is 24.4 Å². The number of nitrogens with one attached hydrogen (secondary N) is 1. The minimum Gasteiger partial charge on any atom is -0.505 e. The van der Waals surface area contributed by atoms with Gasteiger partial charge in [0, 0.05) is 6.20 Å². The minimum atomic E-state index is -4.52. The second-order valence-corrected chi connectivity index (χ2v) is 6.68. The zero-order valence-corrected chi connectivity index (χ0v) is 15.7. The summed E-state index contributed by atoms with van der Waals surface area (Å²) < 4.78 is 40.4. The number of carboxylic acids is 1. The van der Waals surface area contributed by atoms with Crippen LogP contribution in [-0.4, -0.2) is 37.8 Å². The van der Waals surface area contributed by atoms with Crippen LogP contribution in [0.25, 0.3) is 5.52 Å². The zero-order valence-electron chi connectivity index (χ0n) is 14.9. The van der Waals surface area contributed by atoms with Crippen LogP contribution in [0.5, 0.6) is 5.75 Å². The van der Waals surface area contributed by atoms with Gasteiger partial charge in [-0.15, -0.1) is 0 Å². The Morgan fingerprint density at radius 2 is 1.80 bits per heavy atom. The first-order chi connectivity index (χ1) is 14.0. The normalized spacial score (nSPS) is 11.6. The molecule has 0 fully saturated rings. The van der Waals surface area contributed by atoms with E-state index < -0.39 is 47.0 Å². The predicted octanol–water partition coefficient (Wildman–Crippen LogP) is 2.34. The second kappa shape index (κ2) is 7.75.